The SMILES string of the molecule is Cn1c(=O)c2ccc(-c3cnc(N4CCN5C(=O)NCC5C4)nc3)cc2n1CC(C)(COC(F)F)C(NC(=O)OC(C)(C)C)C(=O)OCc1ccccc1. The molecule has 0 bridgehead atoms. The fraction of sp³-hybridized carbons (Fsp3) is 0.459. The number of nitrogens with one attached hydrogen (secondary N) is 2. The topological polar surface area (TPSA) is 162 Å². The Labute approximate surface area is 310 Å². The molecule has 2 fully saturated rings. The molecule has 0 aliphatic carbocycles. The van der Waals surface area contributed by atoms with Gasteiger partial charge in [0, 0.05) is 63.1 Å². The van der Waals surface area contributed by atoms with Gasteiger partial charge in [0.2, 0.25) is 5.95 Å². The molecule has 2 saturated heterocycles. The summed E-state index contributed by atoms with van der Waals surface area (Å²) in [7, 11) is 1.52. The van der Waals surface area contributed by atoms with Crippen molar-refractivity contribution >= 4 is 34.9 Å². The first-order valence-corrected chi connectivity index (χ1v) is 17.5. The number of halogens is 2. The minimum atomic E-state index is -3.20. The van der Waals surface area contributed by atoms with Crippen molar-refractivity contribution in [1.29, 1.82) is 0 Å². The third-order valence-electron chi connectivity index (χ3n) is 9.52. The molecular formula is C37H44F2N8O7. The molecule has 15 nitrogen and oxygen atoms in total. The van der Waals surface area contributed by atoms with Gasteiger partial charge in [0.25, 0.3) is 5.56 Å². The summed E-state index contributed by atoms with van der Waals surface area (Å²) in [5, 5.41) is 5.74. The van der Waals surface area contributed by atoms with Crippen molar-refractivity contribution in [2.45, 2.75) is 65.1 Å². The number of aromatic nitrogens is 4. The molecule has 17 heteroatoms. The molecule has 54 heavy (non-hydrogen) atoms. The minimum Gasteiger partial charge on any atom is -0.459 e. The van der Waals surface area contributed by atoms with Crippen LogP contribution in [0.25, 0.3) is 22.0 Å². The summed E-state index contributed by atoms with van der Waals surface area (Å²) < 4.78 is 46.1. The van der Waals surface area contributed by atoms with Gasteiger partial charge in [-0.15, -0.1) is 0 Å². The lowest BCUT2D eigenvalue weighted by Crippen LogP contribution is -2.56. The van der Waals surface area contributed by atoms with Gasteiger partial charge in [-0.3, -0.25) is 14.2 Å². The molecule has 2 aromatic heterocycles. The van der Waals surface area contributed by atoms with Gasteiger partial charge in [0.05, 0.1) is 23.6 Å². The Morgan fingerprint density at radius 1 is 1.02 bits per heavy atom. The number of amides is 3. The van der Waals surface area contributed by atoms with Gasteiger partial charge in [-0.25, -0.2) is 24.4 Å². The first kappa shape index (κ1) is 38.2. The van der Waals surface area contributed by atoms with Crippen LogP contribution in [0.2, 0.25) is 0 Å². The minimum absolute atomic E-state index is 0.0353. The van der Waals surface area contributed by atoms with E-state index in [1.807, 2.05) is 9.80 Å². The van der Waals surface area contributed by atoms with Crippen LogP contribution in [-0.2, 0) is 39.2 Å². The van der Waals surface area contributed by atoms with Gasteiger partial charge < -0.3 is 34.6 Å². The molecule has 3 amide bonds. The number of alkyl halides is 2. The van der Waals surface area contributed by atoms with Crippen LogP contribution in [0, 0.1) is 5.41 Å². The number of piperazine rings is 1. The number of carbonyl (C=O) groups is 3. The zero-order valence-electron chi connectivity index (χ0n) is 30.8. The van der Waals surface area contributed by atoms with Gasteiger partial charge in [-0.2, -0.15) is 8.78 Å². The molecule has 0 radical (unpaired) electrons. The number of hydrogen-bond donors (Lipinski definition) is 2. The van der Waals surface area contributed by atoms with Crippen molar-refractivity contribution in [3.63, 3.8) is 0 Å². The summed E-state index contributed by atoms with van der Waals surface area (Å²) in [5.41, 5.74) is -0.529. The lowest BCUT2D eigenvalue weighted by atomic mass is 9.82. The number of ether oxygens (including phenoxy) is 3. The molecule has 2 aromatic carbocycles. The number of anilines is 1. The van der Waals surface area contributed by atoms with E-state index in [2.05, 4.69) is 20.6 Å². The predicted octanol–water partition coefficient (Wildman–Crippen LogP) is 3.89. The van der Waals surface area contributed by atoms with Crippen LogP contribution < -0.4 is 21.1 Å². The lowest BCUT2D eigenvalue weighted by Gasteiger charge is -2.37. The van der Waals surface area contributed by atoms with Crippen LogP contribution in [0.5, 0.6) is 0 Å². The van der Waals surface area contributed by atoms with Crippen molar-refractivity contribution in [3.05, 3.63) is 76.8 Å². The zero-order chi connectivity index (χ0) is 38.8. The quantitative estimate of drug-likeness (QED) is 0.203. The van der Waals surface area contributed by atoms with Crippen molar-refractivity contribution in [3.8, 4) is 11.1 Å². The molecule has 3 atom stereocenters. The van der Waals surface area contributed by atoms with Crippen LogP contribution in [-0.4, -0.2) is 99.4 Å². The molecule has 2 aliphatic heterocycles. The highest BCUT2D eigenvalue weighted by molar-refractivity contribution is 5.85. The smallest absolute Gasteiger partial charge is 0.408 e. The Hall–Kier alpha value is -5.58. The van der Waals surface area contributed by atoms with Crippen molar-refractivity contribution in [2.24, 2.45) is 12.5 Å². The van der Waals surface area contributed by atoms with Gasteiger partial charge in [0.15, 0.2) is 0 Å². The molecular weight excluding hydrogens is 706 g/mol. The third kappa shape index (κ3) is 8.46. The van der Waals surface area contributed by atoms with Crippen molar-refractivity contribution in [2.75, 3.05) is 37.7 Å². The number of rotatable bonds is 12. The Morgan fingerprint density at radius 3 is 2.43 bits per heavy atom. The number of urea groups is 1. The summed E-state index contributed by atoms with van der Waals surface area (Å²) in [5.74, 6) is -0.394. The highest BCUT2D eigenvalue weighted by atomic mass is 19.3. The van der Waals surface area contributed by atoms with E-state index < -0.39 is 42.3 Å². The maximum absolute atomic E-state index is 13.9. The second-order valence-electron chi connectivity index (χ2n) is 14.8. The predicted molar refractivity (Wildman–Crippen MR) is 194 cm³/mol. The maximum atomic E-state index is 13.9. The van der Waals surface area contributed by atoms with E-state index in [1.54, 1.807) is 86.4 Å². The van der Waals surface area contributed by atoms with Crippen LogP contribution >= 0.6 is 0 Å². The molecule has 4 aromatic rings. The molecule has 6 rings (SSSR count). The molecule has 2 N–H and O–H groups in total. The molecule has 0 spiro atoms. The number of benzene rings is 2. The fourth-order valence-electron chi connectivity index (χ4n) is 6.73. The van der Waals surface area contributed by atoms with Gasteiger partial charge in [-0.05, 0) is 44.0 Å². The molecule has 288 valence electrons. The largest absolute Gasteiger partial charge is 0.459 e. The molecule has 2 aliphatic rings. The summed E-state index contributed by atoms with van der Waals surface area (Å²) in [6.07, 6.45) is 2.37. The monoisotopic (exact) mass is 750 g/mol. The van der Waals surface area contributed by atoms with E-state index in [-0.39, 0.29) is 30.8 Å². The highest BCUT2D eigenvalue weighted by Gasteiger charge is 2.44. The van der Waals surface area contributed by atoms with Crippen molar-refractivity contribution in [1.82, 2.24) is 34.9 Å². The molecule has 3 unspecified atom stereocenters. The van der Waals surface area contributed by atoms with E-state index in [9.17, 15) is 28.0 Å². The van der Waals surface area contributed by atoms with Gasteiger partial charge >= 0.3 is 24.7 Å². The highest BCUT2D eigenvalue weighted by Crippen LogP contribution is 2.31. The van der Waals surface area contributed by atoms with E-state index >= 15 is 0 Å². The Morgan fingerprint density at radius 2 is 1.74 bits per heavy atom. The van der Waals surface area contributed by atoms with E-state index in [0.29, 0.717) is 59.7 Å². The average molecular weight is 751 g/mol. The number of alkyl carbamates (subject to hydrolysis) is 1. The third-order valence-corrected chi connectivity index (χ3v) is 9.52. The fourth-order valence-corrected chi connectivity index (χ4v) is 6.73. The maximum Gasteiger partial charge on any atom is 0.408 e. The van der Waals surface area contributed by atoms with Crippen molar-refractivity contribution < 1.29 is 37.4 Å². The summed E-state index contributed by atoms with van der Waals surface area (Å²) in [4.78, 5) is 65.6. The Balaban J connectivity index is 1.32. The van der Waals surface area contributed by atoms with Crippen LogP contribution in [0.3, 0.4) is 0 Å². The van der Waals surface area contributed by atoms with Gasteiger partial charge in [0.1, 0.15) is 18.2 Å². The first-order chi connectivity index (χ1) is 25.6. The molecule has 0 saturated carbocycles. The number of hydrogen-bond acceptors (Lipinski definition) is 10. The number of esters is 1. The standard InChI is InChI=1S/C37H44F2N8O7/c1-36(2,3)54-35(51)43-29(31(49)52-20-23-9-7-6-8-10-23)37(4,22-53-32(38)39)21-47-28-15-24(11-12-27(28)30(48)44(47)5)25-16-40-33(41-17-25)45-13-14-46-26(19-45)18-42-34(46)50/h6-12,15-17,26,29,32H,13-14,18-22H2,1-5H3,(H,42,50)(H,43,51). The van der Waals surface area contributed by atoms with Gasteiger partial charge in [-0.1, -0.05) is 43.3 Å². The first-order valence-electron chi connectivity index (χ1n) is 17.5. The molecule has 4 heterocycles. The van der Waals surface area contributed by atoms with E-state index in [4.69, 9.17) is 14.2 Å². The average Bonchev–Trinajstić information content (AvgIpc) is 3.63. The van der Waals surface area contributed by atoms with Crippen LogP contribution in [0.1, 0.15) is 33.3 Å². The number of fused-ring (bicyclic) bond motifs is 2. The second-order valence-corrected chi connectivity index (χ2v) is 14.8. The number of nitrogens with zero attached hydrogens (tertiary/aromatic N) is 6. The summed E-state index contributed by atoms with van der Waals surface area (Å²) in [6, 6.07) is 12.4. The Kier molecular flexibility index (Phi) is 10.9. The lowest BCUT2D eigenvalue weighted by molar-refractivity contribution is -0.169. The summed E-state index contributed by atoms with van der Waals surface area (Å²) in [6.45, 7) is 4.40. The second kappa shape index (κ2) is 15.4. The Bertz CT molecular complexity index is 2050. The van der Waals surface area contributed by atoms with E-state index in [1.165, 1.54) is 18.7 Å². The number of carbonyl (C=O) groups excluding carboxylic acids is 3. The van der Waals surface area contributed by atoms with E-state index in [0.717, 1.165) is 0 Å². The normalized spacial score (nSPS) is 17.6. The summed E-state index contributed by atoms with van der Waals surface area (Å²) >= 11 is 0. The zero-order valence-corrected chi connectivity index (χ0v) is 30.8. The van der Waals surface area contributed by atoms with Crippen LogP contribution in [0.4, 0.5) is 24.3 Å². The van der Waals surface area contributed by atoms with Crippen LogP contribution in [0.15, 0.2) is 65.7 Å².